The molecule has 92 valence electrons. The zero-order valence-electron chi connectivity index (χ0n) is 9.84. The Morgan fingerprint density at radius 2 is 2.41 bits per heavy atom. The average molecular weight is 235 g/mol. The van der Waals surface area contributed by atoms with Crippen LogP contribution in [0.2, 0.25) is 0 Å². The molecule has 0 spiro atoms. The van der Waals surface area contributed by atoms with Crippen molar-refractivity contribution in [3.05, 3.63) is 24.0 Å². The molecule has 2 rings (SSSR count). The number of carbonyl (C=O) groups excluding carboxylic acids is 1. The molecule has 1 aromatic heterocycles. The zero-order valence-corrected chi connectivity index (χ0v) is 9.84. The number of piperidine rings is 1. The standard InChI is InChI=1S/C12H17N3O2/c1-8-7-15(5-3-10(8)13)12(17)9-2-4-14-6-11(9)16/h2,4,6,8,10,16H,3,5,7,13H2,1H3. The lowest BCUT2D eigenvalue weighted by Gasteiger charge is -2.35. The molecule has 2 atom stereocenters. The number of aromatic nitrogens is 1. The molecule has 1 aliphatic rings. The Labute approximate surface area is 100 Å². The van der Waals surface area contributed by atoms with Gasteiger partial charge >= 0.3 is 0 Å². The fraction of sp³-hybridized carbons (Fsp3) is 0.500. The molecule has 17 heavy (non-hydrogen) atoms. The van der Waals surface area contributed by atoms with Gasteiger partial charge in [-0.1, -0.05) is 6.92 Å². The molecular weight excluding hydrogens is 218 g/mol. The summed E-state index contributed by atoms with van der Waals surface area (Å²) in [7, 11) is 0. The van der Waals surface area contributed by atoms with Crippen molar-refractivity contribution in [2.75, 3.05) is 13.1 Å². The van der Waals surface area contributed by atoms with Crippen LogP contribution in [0.5, 0.6) is 5.75 Å². The number of carbonyl (C=O) groups is 1. The van der Waals surface area contributed by atoms with E-state index in [2.05, 4.69) is 4.98 Å². The second-order valence-corrected chi connectivity index (χ2v) is 4.57. The minimum atomic E-state index is -0.149. The molecule has 0 aromatic carbocycles. The Kier molecular flexibility index (Phi) is 3.28. The van der Waals surface area contributed by atoms with Crippen LogP contribution in [0.3, 0.4) is 0 Å². The van der Waals surface area contributed by atoms with Gasteiger partial charge in [-0.3, -0.25) is 9.78 Å². The summed E-state index contributed by atoms with van der Waals surface area (Å²) >= 11 is 0. The van der Waals surface area contributed by atoms with E-state index in [4.69, 9.17) is 5.73 Å². The largest absolute Gasteiger partial charge is 0.505 e. The maximum absolute atomic E-state index is 12.2. The van der Waals surface area contributed by atoms with E-state index in [1.54, 1.807) is 4.90 Å². The zero-order chi connectivity index (χ0) is 12.4. The molecule has 0 saturated carbocycles. The SMILES string of the molecule is CC1CN(C(=O)c2ccncc2O)CCC1N. The highest BCUT2D eigenvalue weighted by molar-refractivity contribution is 5.96. The summed E-state index contributed by atoms with van der Waals surface area (Å²) in [6.07, 6.45) is 3.59. The van der Waals surface area contributed by atoms with Gasteiger partial charge in [0.25, 0.3) is 5.91 Å². The quantitative estimate of drug-likeness (QED) is 0.747. The third kappa shape index (κ3) is 2.39. The highest BCUT2D eigenvalue weighted by atomic mass is 16.3. The van der Waals surface area contributed by atoms with Gasteiger partial charge in [0, 0.05) is 25.3 Å². The first kappa shape index (κ1) is 11.9. The monoisotopic (exact) mass is 235 g/mol. The maximum atomic E-state index is 12.2. The number of rotatable bonds is 1. The second-order valence-electron chi connectivity index (χ2n) is 4.57. The van der Waals surface area contributed by atoms with Crippen LogP contribution >= 0.6 is 0 Å². The lowest BCUT2D eigenvalue weighted by atomic mass is 9.94. The van der Waals surface area contributed by atoms with Crippen molar-refractivity contribution in [2.45, 2.75) is 19.4 Å². The predicted molar refractivity (Wildman–Crippen MR) is 63.6 cm³/mol. The molecule has 1 aliphatic heterocycles. The second kappa shape index (κ2) is 4.71. The number of aromatic hydroxyl groups is 1. The van der Waals surface area contributed by atoms with E-state index >= 15 is 0 Å². The van der Waals surface area contributed by atoms with Crippen molar-refractivity contribution in [1.29, 1.82) is 0 Å². The Bertz CT molecular complexity index is 422. The van der Waals surface area contributed by atoms with Crippen molar-refractivity contribution in [3.63, 3.8) is 0 Å². The lowest BCUT2D eigenvalue weighted by Crippen LogP contribution is -2.48. The van der Waals surface area contributed by atoms with Gasteiger partial charge in [-0.15, -0.1) is 0 Å². The number of nitrogens with two attached hydrogens (primary N) is 1. The van der Waals surface area contributed by atoms with Crippen LogP contribution in [-0.2, 0) is 0 Å². The molecule has 0 radical (unpaired) electrons. The fourth-order valence-corrected chi connectivity index (χ4v) is 2.09. The number of hydrogen-bond donors (Lipinski definition) is 2. The predicted octanol–water partition coefficient (Wildman–Crippen LogP) is 0.597. The molecule has 1 aromatic rings. The first-order chi connectivity index (χ1) is 8.09. The highest BCUT2D eigenvalue weighted by Gasteiger charge is 2.27. The third-order valence-electron chi connectivity index (χ3n) is 3.29. The lowest BCUT2D eigenvalue weighted by molar-refractivity contribution is 0.0661. The Balaban J connectivity index is 2.14. The molecule has 1 fully saturated rings. The van der Waals surface area contributed by atoms with Crippen LogP contribution in [-0.4, -0.2) is 40.0 Å². The molecule has 2 heterocycles. The Morgan fingerprint density at radius 3 is 3.06 bits per heavy atom. The van der Waals surface area contributed by atoms with Crippen LogP contribution in [0.25, 0.3) is 0 Å². The molecule has 5 nitrogen and oxygen atoms in total. The van der Waals surface area contributed by atoms with Gasteiger partial charge in [0.1, 0.15) is 5.75 Å². The molecule has 1 amide bonds. The van der Waals surface area contributed by atoms with Crippen LogP contribution in [0.15, 0.2) is 18.5 Å². The van der Waals surface area contributed by atoms with Crippen molar-refractivity contribution in [3.8, 4) is 5.75 Å². The summed E-state index contributed by atoms with van der Waals surface area (Å²) in [5.74, 6) is 0.0698. The molecule has 0 aliphatic carbocycles. The van der Waals surface area contributed by atoms with Gasteiger partial charge in [-0.2, -0.15) is 0 Å². The molecular formula is C12H17N3O2. The normalized spacial score (nSPS) is 24.7. The molecule has 1 saturated heterocycles. The molecule has 2 unspecified atom stereocenters. The van der Waals surface area contributed by atoms with Crippen molar-refractivity contribution < 1.29 is 9.90 Å². The average Bonchev–Trinajstić information content (AvgIpc) is 2.32. The summed E-state index contributed by atoms with van der Waals surface area (Å²) in [6, 6.07) is 1.70. The van der Waals surface area contributed by atoms with Gasteiger partial charge in [0.05, 0.1) is 11.8 Å². The first-order valence-electron chi connectivity index (χ1n) is 5.77. The topological polar surface area (TPSA) is 79.5 Å². The first-order valence-corrected chi connectivity index (χ1v) is 5.77. The maximum Gasteiger partial charge on any atom is 0.257 e. The van der Waals surface area contributed by atoms with Crippen LogP contribution in [0.1, 0.15) is 23.7 Å². The summed E-state index contributed by atoms with van der Waals surface area (Å²) in [5, 5.41) is 9.59. The van der Waals surface area contributed by atoms with E-state index in [-0.39, 0.29) is 23.6 Å². The van der Waals surface area contributed by atoms with Crippen LogP contribution < -0.4 is 5.73 Å². The molecule has 5 heteroatoms. The van der Waals surface area contributed by atoms with E-state index < -0.39 is 0 Å². The van der Waals surface area contributed by atoms with Crippen molar-refractivity contribution in [1.82, 2.24) is 9.88 Å². The summed E-state index contributed by atoms with van der Waals surface area (Å²) in [5.41, 5.74) is 6.22. The number of nitrogens with zero attached hydrogens (tertiary/aromatic N) is 2. The highest BCUT2D eigenvalue weighted by Crippen LogP contribution is 2.21. The summed E-state index contributed by atoms with van der Waals surface area (Å²) in [4.78, 5) is 17.7. The van der Waals surface area contributed by atoms with Gasteiger partial charge < -0.3 is 15.7 Å². The minimum absolute atomic E-state index is 0.0694. The van der Waals surface area contributed by atoms with Crippen molar-refractivity contribution in [2.24, 2.45) is 11.7 Å². The minimum Gasteiger partial charge on any atom is -0.505 e. The van der Waals surface area contributed by atoms with Crippen molar-refractivity contribution >= 4 is 5.91 Å². The Hall–Kier alpha value is -1.62. The number of amides is 1. The van der Waals surface area contributed by atoms with Gasteiger partial charge in [-0.05, 0) is 18.4 Å². The van der Waals surface area contributed by atoms with Crippen LogP contribution in [0, 0.1) is 5.92 Å². The van der Waals surface area contributed by atoms with E-state index in [0.29, 0.717) is 18.7 Å². The number of hydrogen-bond acceptors (Lipinski definition) is 4. The summed E-state index contributed by atoms with van der Waals surface area (Å²) in [6.45, 7) is 3.32. The molecule has 3 N–H and O–H groups in total. The van der Waals surface area contributed by atoms with E-state index in [1.807, 2.05) is 6.92 Å². The van der Waals surface area contributed by atoms with Gasteiger partial charge in [0.15, 0.2) is 0 Å². The van der Waals surface area contributed by atoms with E-state index in [0.717, 1.165) is 6.42 Å². The van der Waals surface area contributed by atoms with E-state index in [1.165, 1.54) is 18.5 Å². The number of pyridine rings is 1. The Morgan fingerprint density at radius 1 is 1.65 bits per heavy atom. The van der Waals surface area contributed by atoms with Crippen LogP contribution in [0.4, 0.5) is 0 Å². The van der Waals surface area contributed by atoms with Gasteiger partial charge in [0.2, 0.25) is 0 Å². The van der Waals surface area contributed by atoms with E-state index in [9.17, 15) is 9.90 Å². The number of likely N-dealkylation sites (tertiary alicyclic amines) is 1. The molecule has 0 bridgehead atoms. The smallest absolute Gasteiger partial charge is 0.257 e. The van der Waals surface area contributed by atoms with Gasteiger partial charge in [-0.25, -0.2) is 0 Å². The fourth-order valence-electron chi connectivity index (χ4n) is 2.09. The summed E-state index contributed by atoms with van der Waals surface area (Å²) < 4.78 is 0. The third-order valence-corrected chi connectivity index (χ3v) is 3.29.